The molecule has 2 rings (SSSR count). The molecular formula is C18H27NO4. The number of benzene rings is 1. The lowest BCUT2D eigenvalue weighted by Gasteiger charge is -2.31. The van der Waals surface area contributed by atoms with Crippen LogP contribution < -0.4 is 9.47 Å². The van der Waals surface area contributed by atoms with Crippen molar-refractivity contribution in [2.45, 2.75) is 39.2 Å². The second-order valence-electron chi connectivity index (χ2n) is 5.71. The monoisotopic (exact) mass is 321 g/mol. The maximum Gasteiger partial charge on any atom is 0.305 e. The highest BCUT2D eigenvalue weighted by Gasteiger charge is 2.22. The Kier molecular flexibility index (Phi) is 7.20. The third kappa shape index (κ3) is 5.75. The van der Waals surface area contributed by atoms with Gasteiger partial charge in [-0.15, -0.1) is 0 Å². The molecule has 128 valence electrons. The molecule has 0 amide bonds. The second-order valence-corrected chi connectivity index (χ2v) is 5.71. The number of fused-ring (bicyclic) bond motifs is 1. The molecule has 0 N–H and O–H groups in total. The van der Waals surface area contributed by atoms with Gasteiger partial charge in [0.1, 0.15) is 12.7 Å². The molecule has 0 saturated heterocycles. The zero-order valence-corrected chi connectivity index (χ0v) is 14.1. The molecule has 1 unspecified atom stereocenters. The van der Waals surface area contributed by atoms with Gasteiger partial charge in [-0.25, -0.2) is 0 Å². The van der Waals surface area contributed by atoms with Gasteiger partial charge in [0.15, 0.2) is 11.5 Å². The van der Waals surface area contributed by atoms with Crippen molar-refractivity contribution in [3.8, 4) is 11.5 Å². The predicted octanol–water partition coefficient (Wildman–Crippen LogP) is 2.88. The molecule has 0 aromatic heterocycles. The summed E-state index contributed by atoms with van der Waals surface area (Å²) in [5.74, 6) is 1.51. The summed E-state index contributed by atoms with van der Waals surface area (Å²) in [6.07, 6.45) is 2.38. The van der Waals surface area contributed by atoms with Crippen molar-refractivity contribution >= 4 is 5.97 Å². The Morgan fingerprint density at radius 2 is 2.04 bits per heavy atom. The van der Waals surface area contributed by atoms with Crippen LogP contribution in [0.1, 0.15) is 33.1 Å². The topological polar surface area (TPSA) is 48.0 Å². The number of carbonyl (C=O) groups is 1. The van der Waals surface area contributed by atoms with Gasteiger partial charge in [0.2, 0.25) is 0 Å². The Labute approximate surface area is 138 Å². The molecule has 0 fully saturated rings. The third-order valence-electron chi connectivity index (χ3n) is 3.73. The maximum atomic E-state index is 11.4. The van der Waals surface area contributed by atoms with Crippen molar-refractivity contribution in [2.24, 2.45) is 0 Å². The molecule has 5 nitrogen and oxygen atoms in total. The van der Waals surface area contributed by atoms with Crippen LogP contribution in [-0.2, 0) is 9.53 Å². The Hall–Kier alpha value is -1.75. The summed E-state index contributed by atoms with van der Waals surface area (Å²) in [5, 5.41) is 0. The molecule has 0 radical (unpaired) electrons. The van der Waals surface area contributed by atoms with Crippen LogP contribution in [0, 0.1) is 0 Å². The highest BCUT2D eigenvalue weighted by Crippen LogP contribution is 2.31. The number of esters is 1. The highest BCUT2D eigenvalue weighted by atomic mass is 16.6. The number of carbonyl (C=O) groups excluding carboxylic acids is 1. The number of ether oxygens (including phenoxy) is 3. The van der Waals surface area contributed by atoms with E-state index in [1.165, 1.54) is 0 Å². The van der Waals surface area contributed by atoms with Crippen LogP contribution >= 0.6 is 0 Å². The van der Waals surface area contributed by atoms with Crippen molar-refractivity contribution < 1.29 is 19.0 Å². The Morgan fingerprint density at radius 3 is 2.78 bits per heavy atom. The molecule has 0 spiro atoms. The number of nitrogens with zero attached hydrogens (tertiary/aromatic N) is 1. The van der Waals surface area contributed by atoms with Crippen LogP contribution in [0.2, 0.25) is 0 Å². The minimum Gasteiger partial charge on any atom is -0.486 e. The third-order valence-corrected chi connectivity index (χ3v) is 3.73. The van der Waals surface area contributed by atoms with Crippen molar-refractivity contribution in [2.75, 3.05) is 32.8 Å². The fourth-order valence-corrected chi connectivity index (χ4v) is 2.73. The fraction of sp³-hybridized carbons (Fsp3) is 0.611. The molecule has 1 aliphatic heterocycles. The molecule has 0 bridgehead atoms. The minimum atomic E-state index is -0.116. The zero-order valence-electron chi connectivity index (χ0n) is 14.1. The van der Waals surface area contributed by atoms with Gasteiger partial charge in [-0.2, -0.15) is 0 Å². The van der Waals surface area contributed by atoms with Crippen LogP contribution in [0.5, 0.6) is 11.5 Å². The number of hydrogen-bond donors (Lipinski definition) is 0. The average molecular weight is 321 g/mol. The summed E-state index contributed by atoms with van der Waals surface area (Å²) in [7, 11) is 0. The van der Waals surface area contributed by atoms with E-state index in [9.17, 15) is 4.79 Å². The SMILES string of the molecule is CCCN(CCCC(=O)OCC)CC1COc2ccccc2O1. The van der Waals surface area contributed by atoms with Gasteiger partial charge in [-0.1, -0.05) is 19.1 Å². The van der Waals surface area contributed by atoms with E-state index in [0.717, 1.165) is 44.0 Å². The molecular weight excluding hydrogens is 294 g/mol. The second kappa shape index (κ2) is 9.40. The van der Waals surface area contributed by atoms with Crippen LogP contribution in [-0.4, -0.2) is 49.8 Å². The smallest absolute Gasteiger partial charge is 0.305 e. The summed E-state index contributed by atoms with van der Waals surface area (Å²) in [6.45, 7) is 7.67. The Balaban J connectivity index is 1.79. The van der Waals surface area contributed by atoms with E-state index >= 15 is 0 Å². The molecule has 23 heavy (non-hydrogen) atoms. The maximum absolute atomic E-state index is 11.4. The molecule has 0 aliphatic carbocycles. The van der Waals surface area contributed by atoms with E-state index < -0.39 is 0 Å². The normalized spacial score (nSPS) is 16.4. The van der Waals surface area contributed by atoms with Gasteiger partial charge in [0.25, 0.3) is 0 Å². The Morgan fingerprint density at radius 1 is 1.26 bits per heavy atom. The summed E-state index contributed by atoms with van der Waals surface area (Å²) >= 11 is 0. The molecule has 0 saturated carbocycles. The summed E-state index contributed by atoms with van der Waals surface area (Å²) in [6, 6.07) is 7.76. The number of rotatable bonds is 9. The van der Waals surface area contributed by atoms with E-state index in [-0.39, 0.29) is 12.1 Å². The van der Waals surface area contributed by atoms with Crippen LogP contribution in [0.15, 0.2) is 24.3 Å². The van der Waals surface area contributed by atoms with Crippen molar-refractivity contribution in [1.29, 1.82) is 0 Å². The quantitative estimate of drug-likeness (QED) is 0.655. The van der Waals surface area contributed by atoms with Crippen LogP contribution in [0.4, 0.5) is 0 Å². The van der Waals surface area contributed by atoms with Gasteiger partial charge < -0.3 is 14.2 Å². The first kappa shape index (κ1) is 17.6. The van der Waals surface area contributed by atoms with Crippen LogP contribution in [0.3, 0.4) is 0 Å². The number of hydrogen-bond acceptors (Lipinski definition) is 5. The number of para-hydroxylation sites is 2. The molecule has 1 aromatic rings. The summed E-state index contributed by atoms with van der Waals surface area (Å²) in [4.78, 5) is 13.8. The first-order valence-electron chi connectivity index (χ1n) is 8.49. The van der Waals surface area contributed by atoms with Crippen molar-refractivity contribution in [1.82, 2.24) is 4.90 Å². The Bertz CT molecular complexity index is 492. The molecule has 1 aliphatic rings. The zero-order chi connectivity index (χ0) is 16.5. The van der Waals surface area contributed by atoms with Gasteiger partial charge >= 0.3 is 5.97 Å². The van der Waals surface area contributed by atoms with Gasteiger partial charge in [0, 0.05) is 13.0 Å². The van der Waals surface area contributed by atoms with E-state index in [0.29, 0.717) is 19.6 Å². The van der Waals surface area contributed by atoms with Gasteiger partial charge in [0.05, 0.1) is 6.61 Å². The standard InChI is InChI=1S/C18H27NO4/c1-3-11-19(12-7-10-18(20)21-4-2)13-15-14-22-16-8-5-6-9-17(16)23-15/h5-6,8-9,15H,3-4,7,10-14H2,1-2H3. The first-order valence-corrected chi connectivity index (χ1v) is 8.49. The molecule has 5 heteroatoms. The van der Waals surface area contributed by atoms with Crippen molar-refractivity contribution in [3.63, 3.8) is 0 Å². The van der Waals surface area contributed by atoms with E-state index in [1.54, 1.807) is 0 Å². The highest BCUT2D eigenvalue weighted by molar-refractivity contribution is 5.69. The predicted molar refractivity (Wildman–Crippen MR) is 89.0 cm³/mol. The largest absolute Gasteiger partial charge is 0.486 e. The first-order chi connectivity index (χ1) is 11.2. The van der Waals surface area contributed by atoms with Crippen LogP contribution in [0.25, 0.3) is 0 Å². The summed E-state index contributed by atoms with van der Waals surface area (Å²) in [5.41, 5.74) is 0. The minimum absolute atomic E-state index is 0.0269. The summed E-state index contributed by atoms with van der Waals surface area (Å²) < 4.78 is 16.8. The lowest BCUT2D eigenvalue weighted by molar-refractivity contribution is -0.143. The van der Waals surface area contributed by atoms with Gasteiger partial charge in [-0.3, -0.25) is 9.69 Å². The molecule has 1 aromatic carbocycles. The van der Waals surface area contributed by atoms with E-state index in [2.05, 4.69) is 11.8 Å². The van der Waals surface area contributed by atoms with E-state index in [4.69, 9.17) is 14.2 Å². The van der Waals surface area contributed by atoms with Crippen molar-refractivity contribution in [3.05, 3.63) is 24.3 Å². The van der Waals surface area contributed by atoms with E-state index in [1.807, 2.05) is 31.2 Å². The van der Waals surface area contributed by atoms with Gasteiger partial charge in [-0.05, 0) is 45.0 Å². The lowest BCUT2D eigenvalue weighted by Crippen LogP contribution is -2.41. The lowest BCUT2D eigenvalue weighted by atomic mass is 10.2. The molecule has 1 heterocycles. The fourth-order valence-electron chi connectivity index (χ4n) is 2.73. The molecule has 1 atom stereocenters. The average Bonchev–Trinajstić information content (AvgIpc) is 2.55.